The van der Waals surface area contributed by atoms with Gasteiger partial charge in [-0.1, -0.05) is 34.6 Å². The molecular weight excluding hydrogens is 546 g/mol. The quantitative estimate of drug-likeness (QED) is 0.439. The third kappa shape index (κ3) is 4.62. The Morgan fingerprint density at radius 2 is 1.81 bits per heavy atom. The minimum absolute atomic E-state index is 0.0820. The molecule has 10 nitrogen and oxygen atoms in total. The number of rotatable bonds is 6. The lowest BCUT2D eigenvalue weighted by molar-refractivity contribution is -0.198. The molecule has 230 valence electrons. The molecule has 0 unspecified atom stereocenters. The number of piperidine rings is 1. The van der Waals surface area contributed by atoms with Crippen LogP contribution in [0.5, 0.6) is 0 Å². The number of carbonyl (C=O) groups is 4. The molecule has 6 fully saturated rings. The van der Waals surface area contributed by atoms with Crippen LogP contribution >= 0.6 is 0 Å². The minimum atomic E-state index is -2.77. The van der Waals surface area contributed by atoms with Gasteiger partial charge in [0.05, 0.1) is 11.6 Å². The molecule has 2 spiro atoms. The SMILES string of the molecule is CC(C)(C)[C@H](NC(=O)N1CCC12CC(F)(F)C2)C(=O)N1C[C@H]2[C@@H]([C@H]1C(=O)N[C@H](C#N)C[C@@H]1CC3(CC3)NC1=O)C2(C)C. The van der Waals surface area contributed by atoms with Gasteiger partial charge in [-0.2, -0.15) is 5.26 Å². The molecule has 3 aliphatic carbocycles. The summed E-state index contributed by atoms with van der Waals surface area (Å²) in [7, 11) is 0. The molecule has 0 radical (unpaired) electrons. The summed E-state index contributed by atoms with van der Waals surface area (Å²) in [5.41, 5.74) is -1.86. The highest BCUT2D eigenvalue weighted by Crippen LogP contribution is 2.65. The molecule has 0 aromatic heterocycles. The zero-order chi connectivity index (χ0) is 30.6. The molecule has 42 heavy (non-hydrogen) atoms. The van der Waals surface area contributed by atoms with Gasteiger partial charge in [0.1, 0.15) is 18.1 Å². The highest BCUT2D eigenvalue weighted by atomic mass is 19.3. The Kier molecular flexibility index (Phi) is 6.25. The molecule has 3 aliphatic heterocycles. The molecule has 0 aromatic rings. The average Bonchev–Trinajstić information content (AvgIpc) is 3.57. The summed E-state index contributed by atoms with van der Waals surface area (Å²) in [6.07, 6.45) is 2.54. The fourth-order valence-electron chi connectivity index (χ4n) is 8.30. The number of alkyl halides is 2. The first-order chi connectivity index (χ1) is 19.4. The maximum Gasteiger partial charge on any atom is 0.318 e. The fraction of sp³-hybridized carbons (Fsp3) is 0.833. The molecule has 0 bridgehead atoms. The van der Waals surface area contributed by atoms with Crippen LogP contribution in [0.2, 0.25) is 0 Å². The van der Waals surface area contributed by atoms with Gasteiger partial charge < -0.3 is 25.8 Å². The predicted octanol–water partition coefficient (Wildman–Crippen LogP) is 2.53. The maximum absolute atomic E-state index is 14.1. The first kappa shape index (κ1) is 29.1. The Labute approximate surface area is 245 Å². The summed E-state index contributed by atoms with van der Waals surface area (Å²) in [5, 5.41) is 18.6. The van der Waals surface area contributed by atoms with E-state index in [1.54, 1.807) is 0 Å². The summed E-state index contributed by atoms with van der Waals surface area (Å²) in [6, 6.07) is -1.08. The van der Waals surface area contributed by atoms with E-state index in [0.29, 0.717) is 25.9 Å². The van der Waals surface area contributed by atoms with Crippen molar-refractivity contribution in [3.05, 3.63) is 0 Å². The number of carbonyl (C=O) groups excluding carboxylic acids is 4. The lowest BCUT2D eigenvalue weighted by Gasteiger charge is -2.61. The largest absolute Gasteiger partial charge is 0.350 e. The van der Waals surface area contributed by atoms with Gasteiger partial charge in [-0.05, 0) is 54.8 Å². The number of nitriles is 1. The van der Waals surface area contributed by atoms with Crippen LogP contribution < -0.4 is 16.0 Å². The normalized spacial score (nSPS) is 33.4. The van der Waals surface area contributed by atoms with E-state index in [-0.39, 0.29) is 53.9 Å². The second kappa shape index (κ2) is 9.02. The van der Waals surface area contributed by atoms with E-state index in [4.69, 9.17) is 0 Å². The number of nitrogens with zero attached hydrogens (tertiary/aromatic N) is 3. The monoisotopic (exact) mass is 588 g/mol. The Morgan fingerprint density at radius 1 is 1.14 bits per heavy atom. The Bertz CT molecular complexity index is 1260. The number of fused-ring (bicyclic) bond motifs is 1. The van der Waals surface area contributed by atoms with Crippen LogP contribution in [-0.2, 0) is 14.4 Å². The summed E-state index contributed by atoms with van der Waals surface area (Å²) in [5.74, 6) is -4.02. The number of hydrogen-bond donors (Lipinski definition) is 3. The van der Waals surface area contributed by atoms with E-state index in [1.807, 2.05) is 20.8 Å². The van der Waals surface area contributed by atoms with E-state index < -0.39 is 52.8 Å². The van der Waals surface area contributed by atoms with Crippen molar-refractivity contribution in [3.63, 3.8) is 0 Å². The van der Waals surface area contributed by atoms with Crippen molar-refractivity contribution >= 4 is 23.8 Å². The molecule has 6 atom stereocenters. The number of amides is 5. The highest BCUT2D eigenvalue weighted by Gasteiger charge is 2.70. The summed E-state index contributed by atoms with van der Waals surface area (Å²) in [4.78, 5) is 56.6. The van der Waals surface area contributed by atoms with Crippen LogP contribution in [0.3, 0.4) is 0 Å². The summed E-state index contributed by atoms with van der Waals surface area (Å²) >= 11 is 0. The van der Waals surface area contributed by atoms with Crippen LogP contribution in [0, 0.1) is 39.9 Å². The van der Waals surface area contributed by atoms with Crippen molar-refractivity contribution in [1.82, 2.24) is 25.8 Å². The zero-order valence-corrected chi connectivity index (χ0v) is 25.1. The third-order valence-corrected chi connectivity index (χ3v) is 11.2. The standard InChI is InChI=1S/C30H42F2N6O4/c1-26(2,3)21(35-25(42)38-9-8-29(38)14-30(31,32)15-29)24(41)37-13-18-19(27(18,4)5)20(37)23(40)34-17(12-33)10-16-11-28(6-7-28)36-22(16)39/h16-21H,6-11,13-15H2,1-5H3,(H,34,40)(H,35,42)(H,36,39)/t16-,17+,18+,19+,20+,21-/m1/s1. The van der Waals surface area contributed by atoms with E-state index in [2.05, 4.69) is 35.9 Å². The van der Waals surface area contributed by atoms with Crippen LogP contribution in [0.4, 0.5) is 13.6 Å². The predicted molar refractivity (Wildman–Crippen MR) is 147 cm³/mol. The summed E-state index contributed by atoms with van der Waals surface area (Å²) < 4.78 is 27.4. The van der Waals surface area contributed by atoms with Gasteiger partial charge in [0.2, 0.25) is 17.7 Å². The van der Waals surface area contributed by atoms with E-state index in [1.165, 1.54) is 9.80 Å². The fourth-order valence-corrected chi connectivity index (χ4v) is 8.30. The van der Waals surface area contributed by atoms with Crippen molar-refractivity contribution in [1.29, 1.82) is 5.26 Å². The van der Waals surface area contributed by atoms with E-state index >= 15 is 0 Å². The molecule has 3 N–H and O–H groups in total. The van der Waals surface area contributed by atoms with Gasteiger partial charge in [0.25, 0.3) is 5.92 Å². The van der Waals surface area contributed by atoms with E-state index in [0.717, 1.165) is 12.8 Å². The number of halogens is 2. The molecule has 3 heterocycles. The molecule has 3 saturated heterocycles. The molecule has 5 amide bonds. The third-order valence-electron chi connectivity index (χ3n) is 11.2. The van der Waals surface area contributed by atoms with Crippen molar-refractivity contribution in [2.75, 3.05) is 13.1 Å². The lowest BCUT2D eigenvalue weighted by atomic mass is 9.65. The lowest BCUT2D eigenvalue weighted by Crippen LogP contribution is -2.74. The second-order valence-electron chi connectivity index (χ2n) is 15.6. The van der Waals surface area contributed by atoms with Crippen molar-refractivity contribution in [2.24, 2.45) is 28.6 Å². The molecular formula is C30H42F2N6O4. The van der Waals surface area contributed by atoms with Crippen LogP contribution in [-0.4, -0.2) is 81.8 Å². The number of likely N-dealkylation sites (tertiary alicyclic amines) is 2. The molecule has 6 aliphatic rings. The maximum atomic E-state index is 14.1. The second-order valence-corrected chi connectivity index (χ2v) is 15.6. The van der Waals surface area contributed by atoms with Gasteiger partial charge in [-0.25, -0.2) is 13.6 Å². The number of urea groups is 1. The molecule has 6 rings (SSSR count). The zero-order valence-electron chi connectivity index (χ0n) is 25.1. The van der Waals surface area contributed by atoms with Crippen LogP contribution in [0.25, 0.3) is 0 Å². The smallest absolute Gasteiger partial charge is 0.318 e. The topological polar surface area (TPSA) is 135 Å². The van der Waals surface area contributed by atoms with Gasteiger partial charge in [0, 0.05) is 37.4 Å². The number of nitrogens with one attached hydrogen (secondary N) is 3. The number of hydrogen-bond acceptors (Lipinski definition) is 5. The van der Waals surface area contributed by atoms with Gasteiger partial charge in [-0.15, -0.1) is 0 Å². The van der Waals surface area contributed by atoms with Crippen molar-refractivity contribution < 1.29 is 28.0 Å². The Balaban J connectivity index is 1.16. The summed E-state index contributed by atoms with van der Waals surface area (Å²) in [6.45, 7) is 10.3. The first-order valence-electron chi connectivity index (χ1n) is 15.2. The van der Waals surface area contributed by atoms with Gasteiger partial charge in [-0.3, -0.25) is 14.4 Å². The highest BCUT2D eigenvalue weighted by molar-refractivity contribution is 5.94. The van der Waals surface area contributed by atoms with Gasteiger partial charge in [0.15, 0.2) is 0 Å². The molecule has 0 aromatic carbocycles. The van der Waals surface area contributed by atoms with Gasteiger partial charge >= 0.3 is 6.03 Å². The van der Waals surface area contributed by atoms with Crippen LogP contribution in [0.1, 0.15) is 79.6 Å². The average molecular weight is 589 g/mol. The molecule has 3 saturated carbocycles. The minimum Gasteiger partial charge on any atom is -0.350 e. The van der Waals surface area contributed by atoms with Crippen molar-refractivity contribution in [2.45, 2.75) is 115 Å². The first-order valence-corrected chi connectivity index (χ1v) is 15.2. The van der Waals surface area contributed by atoms with E-state index in [9.17, 15) is 33.2 Å². The Hall–Kier alpha value is -2.97. The van der Waals surface area contributed by atoms with Crippen LogP contribution in [0.15, 0.2) is 0 Å². The Morgan fingerprint density at radius 3 is 2.31 bits per heavy atom. The van der Waals surface area contributed by atoms with Crippen molar-refractivity contribution in [3.8, 4) is 6.07 Å². The molecule has 12 heteroatoms.